The van der Waals surface area contributed by atoms with Crippen molar-refractivity contribution < 1.29 is 9.84 Å². The lowest BCUT2D eigenvalue weighted by atomic mass is 9.55. The van der Waals surface area contributed by atoms with Gasteiger partial charge in [0.2, 0.25) is 0 Å². The van der Waals surface area contributed by atoms with E-state index >= 15 is 0 Å². The van der Waals surface area contributed by atoms with Crippen LogP contribution in [0, 0.1) is 11.8 Å². The van der Waals surface area contributed by atoms with Crippen LogP contribution < -0.4 is 4.74 Å². The number of nitrogens with zero attached hydrogens (tertiary/aromatic N) is 1. The zero-order chi connectivity index (χ0) is 15.9. The van der Waals surface area contributed by atoms with Gasteiger partial charge in [-0.15, -0.1) is 0 Å². The Bertz CT molecular complexity index is 656. The molecule has 23 heavy (non-hydrogen) atoms. The molecule has 2 aromatic rings. The van der Waals surface area contributed by atoms with E-state index in [0.717, 1.165) is 37.4 Å². The van der Waals surface area contributed by atoms with E-state index in [0.29, 0.717) is 11.8 Å². The second kappa shape index (κ2) is 5.66. The molecule has 3 aliphatic rings. The first-order chi connectivity index (χ1) is 11.2. The minimum absolute atomic E-state index is 0.332. The normalized spacial score (nSPS) is 29.8. The zero-order valence-electron chi connectivity index (χ0n) is 13.5. The lowest BCUT2D eigenvalue weighted by Crippen LogP contribution is -2.64. The van der Waals surface area contributed by atoms with Crippen molar-refractivity contribution in [1.29, 1.82) is 0 Å². The monoisotopic (exact) mass is 309 g/mol. The molecule has 2 aliphatic heterocycles. The minimum Gasteiger partial charge on any atom is -0.497 e. The summed E-state index contributed by atoms with van der Waals surface area (Å²) in [7, 11) is 1.67. The van der Waals surface area contributed by atoms with Crippen molar-refractivity contribution in [3.63, 3.8) is 0 Å². The summed E-state index contributed by atoms with van der Waals surface area (Å²) in [6, 6.07) is 18.5. The molecule has 3 nitrogen and oxygen atoms in total. The van der Waals surface area contributed by atoms with Crippen LogP contribution in [0.15, 0.2) is 54.6 Å². The van der Waals surface area contributed by atoms with Crippen molar-refractivity contribution in [3.05, 3.63) is 65.7 Å². The highest BCUT2D eigenvalue weighted by atomic mass is 16.5. The van der Waals surface area contributed by atoms with E-state index in [1.54, 1.807) is 7.11 Å². The highest BCUT2D eigenvalue weighted by molar-refractivity contribution is 5.35. The standard InChI is InChI=1S/C20H23NO2/c1-23-19-9-7-16(8-10-19)20(22)17-11-18(20)14-21(13-17)12-15-5-3-2-4-6-15/h2-10,17-18,22H,11-14H2,1H3. The fourth-order valence-electron chi connectivity index (χ4n) is 4.30. The topological polar surface area (TPSA) is 32.7 Å². The van der Waals surface area contributed by atoms with Gasteiger partial charge < -0.3 is 9.84 Å². The third-order valence-electron chi connectivity index (χ3n) is 5.57. The quantitative estimate of drug-likeness (QED) is 0.942. The predicted molar refractivity (Wildman–Crippen MR) is 90.2 cm³/mol. The molecule has 0 aromatic heterocycles. The molecular weight excluding hydrogens is 286 g/mol. The summed E-state index contributed by atoms with van der Waals surface area (Å²) < 4.78 is 5.22. The van der Waals surface area contributed by atoms with E-state index in [2.05, 4.69) is 35.2 Å². The molecule has 0 amide bonds. The van der Waals surface area contributed by atoms with Crippen LogP contribution in [0.3, 0.4) is 0 Å². The van der Waals surface area contributed by atoms with E-state index in [1.807, 2.05) is 24.3 Å². The van der Waals surface area contributed by atoms with E-state index < -0.39 is 5.60 Å². The Hall–Kier alpha value is -1.84. The summed E-state index contributed by atoms with van der Waals surface area (Å²) in [4.78, 5) is 2.48. The van der Waals surface area contributed by atoms with Gasteiger partial charge >= 0.3 is 0 Å². The average molecular weight is 309 g/mol. The van der Waals surface area contributed by atoms with Gasteiger partial charge in [-0.3, -0.25) is 4.90 Å². The Labute approximate surface area is 137 Å². The number of rotatable bonds is 4. The lowest BCUT2D eigenvalue weighted by molar-refractivity contribution is -0.205. The number of ether oxygens (including phenoxy) is 1. The smallest absolute Gasteiger partial charge is 0.118 e. The second-order valence-corrected chi connectivity index (χ2v) is 6.86. The van der Waals surface area contributed by atoms with E-state index in [9.17, 15) is 5.11 Å². The van der Waals surface area contributed by atoms with Crippen molar-refractivity contribution in [2.45, 2.75) is 18.6 Å². The molecule has 1 N–H and O–H groups in total. The van der Waals surface area contributed by atoms with Crippen LogP contribution in [0.4, 0.5) is 0 Å². The van der Waals surface area contributed by atoms with Crippen LogP contribution in [0.1, 0.15) is 17.5 Å². The predicted octanol–water partition coefficient (Wildman–Crippen LogP) is 3.03. The molecule has 0 spiro atoms. The van der Waals surface area contributed by atoms with Gasteiger partial charge in [0.25, 0.3) is 0 Å². The van der Waals surface area contributed by atoms with Crippen molar-refractivity contribution in [1.82, 2.24) is 4.90 Å². The molecule has 2 atom stereocenters. The van der Waals surface area contributed by atoms with Gasteiger partial charge in [-0.1, -0.05) is 42.5 Å². The molecule has 120 valence electrons. The number of piperidine rings is 2. The van der Waals surface area contributed by atoms with E-state index in [-0.39, 0.29) is 0 Å². The largest absolute Gasteiger partial charge is 0.497 e. The summed E-state index contributed by atoms with van der Waals surface area (Å²) in [5.74, 6) is 1.50. The molecule has 2 aromatic carbocycles. The second-order valence-electron chi connectivity index (χ2n) is 6.86. The number of aliphatic hydroxyl groups is 1. The molecule has 3 fully saturated rings. The van der Waals surface area contributed by atoms with Crippen LogP contribution in [0.25, 0.3) is 0 Å². The van der Waals surface area contributed by atoms with Crippen molar-refractivity contribution in [2.24, 2.45) is 11.8 Å². The van der Waals surface area contributed by atoms with Crippen LogP contribution in [0.2, 0.25) is 0 Å². The molecule has 2 saturated heterocycles. The summed E-state index contributed by atoms with van der Waals surface area (Å²) >= 11 is 0. The Morgan fingerprint density at radius 1 is 1.04 bits per heavy atom. The van der Waals surface area contributed by atoms with Gasteiger partial charge in [-0.2, -0.15) is 0 Å². The Morgan fingerprint density at radius 2 is 1.70 bits per heavy atom. The molecule has 2 bridgehead atoms. The van der Waals surface area contributed by atoms with Gasteiger partial charge in [0.1, 0.15) is 5.75 Å². The first-order valence-corrected chi connectivity index (χ1v) is 8.33. The van der Waals surface area contributed by atoms with E-state index in [4.69, 9.17) is 4.74 Å². The third kappa shape index (κ3) is 2.44. The van der Waals surface area contributed by atoms with Crippen LogP contribution in [-0.4, -0.2) is 30.2 Å². The first kappa shape index (κ1) is 14.7. The molecule has 3 heteroatoms. The van der Waals surface area contributed by atoms with Gasteiger partial charge in [0.15, 0.2) is 0 Å². The lowest BCUT2D eigenvalue weighted by Gasteiger charge is -2.59. The molecule has 1 saturated carbocycles. The summed E-state index contributed by atoms with van der Waals surface area (Å²) in [5.41, 5.74) is 1.74. The van der Waals surface area contributed by atoms with E-state index in [1.165, 1.54) is 5.56 Å². The first-order valence-electron chi connectivity index (χ1n) is 8.33. The maximum Gasteiger partial charge on any atom is 0.118 e. The van der Waals surface area contributed by atoms with Crippen molar-refractivity contribution in [2.75, 3.05) is 20.2 Å². The van der Waals surface area contributed by atoms with Crippen molar-refractivity contribution in [3.8, 4) is 5.75 Å². The zero-order valence-corrected chi connectivity index (χ0v) is 13.5. The van der Waals surface area contributed by atoms with Crippen molar-refractivity contribution >= 4 is 0 Å². The molecule has 1 aliphatic carbocycles. The highest BCUT2D eigenvalue weighted by Crippen LogP contribution is 2.55. The molecular formula is C20H23NO2. The maximum atomic E-state index is 11.2. The number of hydrogen-bond donors (Lipinski definition) is 1. The number of benzene rings is 2. The molecule has 2 heterocycles. The number of fused-ring (bicyclic) bond motifs is 2. The molecule has 5 rings (SSSR count). The number of hydrogen-bond acceptors (Lipinski definition) is 3. The summed E-state index contributed by atoms with van der Waals surface area (Å²) in [6.07, 6.45) is 1.13. The SMILES string of the molecule is COc1ccc(C2(O)C3CC2CN(Cc2ccccc2)C3)cc1. The van der Waals surface area contributed by atoms with Crippen LogP contribution in [-0.2, 0) is 12.1 Å². The highest BCUT2D eigenvalue weighted by Gasteiger charge is 2.58. The molecule has 2 unspecified atom stereocenters. The van der Waals surface area contributed by atoms with Gasteiger partial charge in [0.05, 0.1) is 12.7 Å². The maximum absolute atomic E-state index is 11.2. The Kier molecular flexibility index (Phi) is 3.63. The fourth-order valence-corrected chi connectivity index (χ4v) is 4.30. The van der Waals surface area contributed by atoms with Gasteiger partial charge in [-0.25, -0.2) is 0 Å². The van der Waals surface area contributed by atoms with Crippen LogP contribution >= 0.6 is 0 Å². The Morgan fingerprint density at radius 3 is 2.30 bits per heavy atom. The third-order valence-corrected chi connectivity index (χ3v) is 5.57. The summed E-state index contributed by atoms with van der Waals surface area (Å²) in [6.45, 7) is 2.91. The number of methoxy groups -OCH3 is 1. The Balaban J connectivity index is 1.48. The molecule has 0 radical (unpaired) electrons. The average Bonchev–Trinajstić information content (AvgIpc) is 2.62. The van der Waals surface area contributed by atoms with Gasteiger partial charge in [-0.05, 0) is 29.7 Å². The van der Waals surface area contributed by atoms with Gasteiger partial charge in [0, 0.05) is 31.5 Å². The fraction of sp³-hybridized carbons (Fsp3) is 0.400. The summed E-state index contributed by atoms with van der Waals surface area (Å²) in [5, 5.41) is 11.2. The van der Waals surface area contributed by atoms with Crippen LogP contribution in [0.5, 0.6) is 5.75 Å². The minimum atomic E-state index is -0.653.